The van der Waals surface area contributed by atoms with Gasteiger partial charge in [0.25, 0.3) is 0 Å². The van der Waals surface area contributed by atoms with Crippen molar-refractivity contribution < 1.29 is 0 Å². The van der Waals surface area contributed by atoms with Crippen LogP contribution in [0.1, 0.15) is 26.2 Å². The molecule has 0 aromatic rings. The van der Waals surface area contributed by atoms with Crippen molar-refractivity contribution >= 4 is 11.6 Å². The van der Waals surface area contributed by atoms with Gasteiger partial charge in [-0.05, 0) is 25.2 Å². The number of alkyl halides is 1. The van der Waals surface area contributed by atoms with E-state index in [4.69, 9.17) is 11.6 Å². The van der Waals surface area contributed by atoms with E-state index in [2.05, 4.69) is 6.92 Å². The largest absolute Gasteiger partial charge is 0.123 e. The molecular formula is C6H11Cl. The minimum absolute atomic E-state index is 0.495. The fourth-order valence-electron chi connectivity index (χ4n) is 1.14. The van der Waals surface area contributed by atoms with Gasteiger partial charge in [0.05, 0.1) is 0 Å². The van der Waals surface area contributed by atoms with Crippen LogP contribution < -0.4 is 0 Å². The highest BCUT2D eigenvalue weighted by atomic mass is 35.5. The lowest BCUT2D eigenvalue weighted by Crippen LogP contribution is -1.87. The minimum atomic E-state index is 0.495. The number of rotatable bonds is 0. The van der Waals surface area contributed by atoms with Crippen molar-refractivity contribution in [2.75, 3.05) is 0 Å². The summed E-state index contributed by atoms with van der Waals surface area (Å²) in [6.07, 6.45) is 3.82. The Morgan fingerprint density at radius 1 is 1.43 bits per heavy atom. The maximum Gasteiger partial charge on any atom is 0.0338 e. The predicted octanol–water partition coefficient (Wildman–Crippen LogP) is 2.41. The molecule has 2 atom stereocenters. The summed E-state index contributed by atoms with van der Waals surface area (Å²) in [5, 5.41) is 0.495. The second-order valence-electron chi connectivity index (χ2n) is 2.52. The highest BCUT2D eigenvalue weighted by molar-refractivity contribution is 6.20. The van der Waals surface area contributed by atoms with Crippen molar-refractivity contribution in [1.29, 1.82) is 0 Å². The molecule has 1 aliphatic rings. The first-order chi connectivity index (χ1) is 3.29. The molecule has 1 aliphatic carbocycles. The third kappa shape index (κ3) is 1.34. The van der Waals surface area contributed by atoms with Gasteiger partial charge in [-0.15, -0.1) is 11.6 Å². The number of hydrogen-bond acceptors (Lipinski definition) is 0. The van der Waals surface area contributed by atoms with E-state index >= 15 is 0 Å². The zero-order chi connectivity index (χ0) is 5.28. The second kappa shape index (κ2) is 2.04. The fraction of sp³-hybridized carbons (Fsp3) is 1.00. The van der Waals surface area contributed by atoms with Crippen molar-refractivity contribution in [3.8, 4) is 0 Å². The van der Waals surface area contributed by atoms with Crippen LogP contribution in [0.25, 0.3) is 0 Å². The average molecular weight is 119 g/mol. The lowest BCUT2D eigenvalue weighted by molar-refractivity contribution is 0.613. The number of halogens is 1. The Hall–Kier alpha value is 0.290. The lowest BCUT2D eigenvalue weighted by Gasteiger charge is -1.94. The highest BCUT2D eigenvalue weighted by Gasteiger charge is 2.17. The summed E-state index contributed by atoms with van der Waals surface area (Å²) in [6, 6.07) is 0. The molecule has 0 amide bonds. The molecule has 0 saturated heterocycles. The van der Waals surface area contributed by atoms with Crippen molar-refractivity contribution in [3.63, 3.8) is 0 Å². The van der Waals surface area contributed by atoms with Crippen LogP contribution in [-0.4, -0.2) is 5.38 Å². The average Bonchev–Trinajstić information content (AvgIpc) is 1.87. The van der Waals surface area contributed by atoms with E-state index in [1.165, 1.54) is 19.3 Å². The zero-order valence-electron chi connectivity index (χ0n) is 4.65. The molecule has 0 bridgehead atoms. The van der Waals surface area contributed by atoms with Gasteiger partial charge in [0.2, 0.25) is 0 Å². The zero-order valence-corrected chi connectivity index (χ0v) is 5.41. The van der Waals surface area contributed by atoms with Crippen LogP contribution in [-0.2, 0) is 0 Å². The third-order valence-electron chi connectivity index (χ3n) is 1.63. The molecule has 1 saturated carbocycles. The van der Waals surface area contributed by atoms with E-state index in [1.807, 2.05) is 0 Å². The summed E-state index contributed by atoms with van der Waals surface area (Å²) in [5.41, 5.74) is 0. The molecule has 7 heavy (non-hydrogen) atoms. The Kier molecular flexibility index (Phi) is 1.58. The molecule has 1 heteroatoms. The SMILES string of the molecule is C[C@H]1CC[C@H](Cl)C1. The van der Waals surface area contributed by atoms with Gasteiger partial charge in [0, 0.05) is 5.38 Å². The van der Waals surface area contributed by atoms with Gasteiger partial charge in [0.15, 0.2) is 0 Å². The molecule has 0 unspecified atom stereocenters. The summed E-state index contributed by atoms with van der Waals surface area (Å²) >= 11 is 5.81. The molecular weight excluding hydrogens is 108 g/mol. The maximum absolute atomic E-state index is 5.81. The first-order valence-electron chi connectivity index (χ1n) is 2.93. The maximum atomic E-state index is 5.81. The lowest BCUT2D eigenvalue weighted by atomic mass is 10.2. The van der Waals surface area contributed by atoms with Crippen LogP contribution in [0.2, 0.25) is 0 Å². The molecule has 1 rings (SSSR count). The van der Waals surface area contributed by atoms with Crippen LogP contribution in [0, 0.1) is 5.92 Å². The Balaban J connectivity index is 2.26. The first kappa shape index (κ1) is 5.43. The Labute approximate surface area is 49.9 Å². The summed E-state index contributed by atoms with van der Waals surface area (Å²) < 4.78 is 0. The first-order valence-corrected chi connectivity index (χ1v) is 3.36. The predicted molar refractivity (Wildman–Crippen MR) is 32.7 cm³/mol. The van der Waals surface area contributed by atoms with Crippen molar-refractivity contribution in [3.05, 3.63) is 0 Å². The van der Waals surface area contributed by atoms with Crippen molar-refractivity contribution in [2.24, 2.45) is 5.92 Å². The molecule has 0 aromatic heterocycles. The summed E-state index contributed by atoms with van der Waals surface area (Å²) in [6.45, 7) is 2.27. The van der Waals surface area contributed by atoms with Gasteiger partial charge >= 0.3 is 0 Å². The molecule has 0 N–H and O–H groups in total. The van der Waals surface area contributed by atoms with E-state index in [1.54, 1.807) is 0 Å². The molecule has 0 aliphatic heterocycles. The van der Waals surface area contributed by atoms with E-state index in [0.717, 1.165) is 5.92 Å². The summed E-state index contributed by atoms with van der Waals surface area (Å²) in [5.74, 6) is 0.891. The van der Waals surface area contributed by atoms with Gasteiger partial charge in [-0.2, -0.15) is 0 Å². The van der Waals surface area contributed by atoms with Gasteiger partial charge in [0.1, 0.15) is 0 Å². The minimum Gasteiger partial charge on any atom is -0.123 e. The number of hydrogen-bond donors (Lipinski definition) is 0. The highest BCUT2D eigenvalue weighted by Crippen LogP contribution is 2.28. The molecule has 0 spiro atoms. The Morgan fingerprint density at radius 3 is 2.29 bits per heavy atom. The van der Waals surface area contributed by atoms with Crippen LogP contribution in [0.4, 0.5) is 0 Å². The molecule has 1 fully saturated rings. The standard InChI is InChI=1S/C6H11Cl/c1-5-2-3-6(7)4-5/h5-6H,2-4H2,1H3/t5-,6-/m0/s1. The monoisotopic (exact) mass is 118 g/mol. The van der Waals surface area contributed by atoms with E-state index < -0.39 is 0 Å². The Morgan fingerprint density at radius 2 is 2.14 bits per heavy atom. The molecule has 0 nitrogen and oxygen atoms in total. The Bertz CT molecular complexity index is 53.2. The van der Waals surface area contributed by atoms with Crippen LogP contribution in [0.3, 0.4) is 0 Å². The molecule has 42 valence electrons. The second-order valence-corrected chi connectivity index (χ2v) is 3.13. The van der Waals surface area contributed by atoms with Crippen LogP contribution in [0.15, 0.2) is 0 Å². The molecule has 0 heterocycles. The van der Waals surface area contributed by atoms with Crippen LogP contribution in [0.5, 0.6) is 0 Å². The molecule has 0 radical (unpaired) electrons. The van der Waals surface area contributed by atoms with E-state index in [0.29, 0.717) is 5.38 Å². The fourth-order valence-corrected chi connectivity index (χ4v) is 1.57. The van der Waals surface area contributed by atoms with Gasteiger partial charge in [-0.1, -0.05) is 6.92 Å². The van der Waals surface area contributed by atoms with Gasteiger partial charge in [-0.25, -0.2) is 0 Å². The molecule has 0 aromatic carbocycles. The van der Waals surface area contributed by atoms with Gasteiger partial charge in [-0.3, -0.25) is 0 Å². The normalized spacial score (nSPS) is 42.0. The van der Waals surface area contributed by atoms with Crippen molar-refractivity contribution in [1.82, 2.24) is 0 Å². The van der Waals surface area contributed by atoms with E-state index in [-0.39, 0.29) is 0 Å². The summed E-state index contributed by atoms with van der Waals surface area (Å²) in [4.78, 5) is 0. The summed E-state index contributed by atoms with van der Waals surface area (Å²) in [7, 11) is 0. The van der Waals surface area contributed by atoms with Crippen LogP contribution >= 0.6 is 11.6 Å². The van der Waals surface area contributed by atoms with Gasteiger partial charge < -0.3 is 0 Å². The van der Waals surface area contributed by atoms with Crippen molar-refractivity contribution in [2.45, 2.75) is 31.6 Å². The van der Waals surface area contributed by atoms with E-state index in [9.17, 15) is 0 Å². The smallest absolute Gasteiger partial charge is 0.0338 e. The third-order valence-corrected chi connectivity index (χ3v) is 2.03. The topological polar surface area (TPSA) is 0 Å². The quantitative estimate of drug-likeness (QED) is 0.429.